The van der Waals surface area contributed by atoms with Crippen molar-refractivity contribution in [3.63, 3.8) is 0 Å². The summed E-state index contributed by atoms with van der Waals surface area (Å²) in [5.41, 5.74) is 0. The zero-order valence-corrected chi connectivity index (χ0v) is 10.4. The number of aliphatic hydroxyl groups is 1. The molecule has 0 aromatic heterocycles. The summed E-state index contributed by atoms with van der Waals surface area (Å²) in [7, 11) is 1.65. The number of aliphatic hydroxyl groups excluding tert-OH is 1. The number of rotatable bonds is 5. The lowest BCUT2D eigenvalue weighted by Crippen LogP contribution is -2.41. The third-order valence-corrected chi connectivity index (χ3v) is 4.16. The van der Waals surface area contributed by atoms with Gasteiger partial charge in [-0.3, -0.25) is 4.90 Å². The second-order valence-corrected chi connectivity index (χ2v) is 5.36. The minimum atomic E-state index is -0.313. The molecular formula is C13H25NO2. The summed E-state index contributed by atoms with van der Waals surface area (Å²) in [6.45, 7) is 2.44. The van der Waals surface area contributed by atoms with Crippen molar-refractivity contribution in [3.8, 4) is 0 Å². The Labute approximate surface area is 98.8 Å². The molecule has 2 fully saturated rings. The quantitative estimate of drug-likeness (QED) is 0.775. The molecule has 16 heavy (non-hydrogen) atoms. The highest BCUT2D eigenvalue weighted by Crippen LogP contribution is 2.35. The van der Waals surface area contributed by atoms with E-state index in [9.17, 15) is 5.11 Å². The lowest BCUT2D eigenvalue weighted by Gasteiger charge is -2.30. The SMILES string of the molecule is COCC(O)CN1CCCC1C1CCCC1. The van der Waals surface area contributed by atoms with Crippen molar-refractivity contribution < 1.29 is 9.84 Å². The van der Waals surface area contributed by atoms with Crippen LogP contribution in [0.2, 0.25) is 0 Å². The van der Waals surface area contributed by atoms with Crippen molar-refractivity contribution in [3.05, 3.63) is 0 Å². The lowest BCUT2D eigenvalue weighted by atomic mass is 9.96. The number of likely N-dealkylation sites (tertiary alicyclic amines) is 1. The van der Waals surface area contributed by atoms with Gasteiger partial charge in [0, 0.05) is 19.7 Å². The minimum Gasteiger partial charge on any atom is -0.389 e. The highest BCUT2D eigenvalue weighted by atomic mass is 16.5. The standard InChI is InChI=1S/C13H25NO2/c1-16-10-12(15)9-14-8-4-7-13(14)11-5-2-3-6-11/h11-13,15H,2-10H2,1H3. The third kappa shape index (κ3) is 2.96. The largest absolute Gasteiger partial charge is 0.389 e. The molecule has 3 nitrogen and oxygen atoms in total. The van der Waals surface area contributed by atoms with E-state index < -0.39 is 0 Å². The first-order chi connectivity index (χ1) is 7.81. The molecule has 1 N–H and O–H groups in total. The summed E-state index contributed by atoms with van der Waals surface area (Å²) in [6, 6.07) is 0.744. The van der Waals surface area contributed by atoms with Crippen LogP contribution in [0.3, 0.4) is 0 Å². The summed E-state index contributed by atoms with van der Waals surface area (Å²) in [5, 5.41) is 9.80. The van der Waals surface area contributed by atoms with Crippen LogP contribution in [0.1, 0.15) is 38.5 Å². The summed E-state index contributed by atoms with van der Waals surface area (Å²) < 4.78 is 5.00. The highest BCUT2D eigenvalue weighted by Gasteiger charge is 2.33. The van der Waals surface area contributed by atoms with Gasteiger partial charge >= 0.3 is 0 Å². The number of β-amino-alcohol motifs (C(OH)–C–C–N with tert-alkyl or cyclic N) is 1. The number of hydrogen-bond acceptors (Lipinski definition) is 3. The molecule has 0 spiro atoms. The molecule has 1 saturated heterocycles. The third-order valence-electron chi connectivity index (χ3n) is 4.16. The Morgan fingerprint density at radius 2 is 2.00 bits per heavy atom. The minimum absolute atomic E-state index is 0.313. The highest BCUT2D eigenvalue weighted by molar-refractivity contribution is 4.88. The molecule has 2 rings (SSSR count). The van der Waals surface area contributed by atoms with Gasteiger partial charge in [-0.2, -0.15) is 0 Å². The zero-order valence-electron chi connectivity index (χ0n) is 10.4. The summed E-state index contributed by atoms with van der Waals surface area (Å²) in [5.74, 6) is 0.900. The fourth-order valence-corrected chi connectivity index (χ4v) is 3.47. The van der Waals surface area contributed by atoms with Crippen molar-refractivity contribution in [1.82, 2.24) is 4.90 Å². The second-order valence-electron chi connectivity index (χ2n) is 5.36. The monoisotopic (exact) mass is 227 g/mol. The van der Waals surface area contributed by atoms with Crippen LogP contribution in [0, 0.1) is 5.92 Å². The molecule has 2 atom stereocenters. The van der Waals surface area contributed by atoms with Crippen molar-refractivity contribution in [2.75, 3.05) is 26.8 Å². The molecule has 0 aromatic carbocycles. The van der Waals surface area contributed by atoms with Crippen LogP contribution in [0.5, 0.6) is 0 Å². The van der Waals surface area contributed by atoms with Gasteiger partial charge < -0.3 is 9.84 Å². The molecule has 1 saturated carbocycles. The van der Waals surface area contributed by atoms with Gasteiger partial charge in [0.25, 0.3) is 0 Å². The van der Waals surface area contributed by atoms with Crippen molar-refractivity contribution >= 4 is 0 Å². The van der Waals surface area contributed by atoms with Crippen LogP contribution in [0.25, 0.3) is 0 Å². The maximum absolute atomic E-state index is 9.80. The van der Waals surface area contributed by atoms with E-state index in [0.29, 0.717) is 6.61 Å². The van der Waals surface area contributed by atoms with Gasteiger partial charge in [-0.15, -0.1) is 0 Å². The van der Waals surface area contributed by atoms with E-state index in [2.05, 4.69) is 4.90 Å². The Morgan fingerprint density at radius 3 is 2.69 bits per heavy atom. The van der Waals surface area contributed by atoms with Gasteiger partial charge in [0.15, 0.2) is 0 Å². The Balaban J connectivity index is 1.82. The van der Waals surface area contributed by atoms with Gasteiger partial charge in [-0.25, -0.2) is 0 Å². The molecule has 3 heteroatoms. The van der Waals surface area contributed by atoms with Crippen molar-refractivity contribution in [2.24, 2.45) is 5.92 Å². The molecule has 2 unspecified atom stereocenters. The summed E-state index contributed by atoms with van der Waals surface area (Å²) in [4.78, 5) is 2.50. The van der Waals surface area contributed by atoms with Crippen LogP contribution >= 0.6 is 0 Å². The van der Waals surface area contributed by atoms with Crippen LogP contribution in [-0.2, 0) is 4.74 Å². The van der Waals surface area contributed by atoms with Gasteiger partial charge in [-0.1, -0.05) is 12.8 Å². The number of hydrogen-bond donors (Lipinski definition) is 1. The van der Waals surface area contributed by atoms with E-state index in [1.54, 1.807) is 7.11 Å². The van der Waals surface area contributed by atoms with E-state index in [4.69, 9.17) is 4.74 Å². The smallest absolute Gasteiger partial charge is 0.0900 e. The first-order valence-electron chi connectivity index (χ1n) is 6.72. The van der Waals surface area contributed by atoms with E-state index in [-0.39, 0.29) is 6.10 Å². The molecule has 94 valence electrons. The first kappa shape index (κ1) is 12.3. The van der Waals surface area contributed by atoms with E-state index in [0.717, 1.165) is 18.5 Å². The molecule has 0 radical (unpaired) electrons. The van der Waals surface area contributed by atoms with Crippen LogP contribution < -0.4 is 0 Å². The average Bonchev–Trinajstić information content (AvgIpc) is 2.86. The van der Waals surface area contributed by atoms with Gasteiger partial charge in [0.1, 0.15) is 0 Å². The Morgan fingerprint density at radius 1 is 1.25 bits per heavy atom. The van der Waals surface area contributed by atoms with Crippen LogP contribution in [-0.4, -0.2) is 49.0 Å². The molecule has 2 aliphatic rings. The molecular weight excluding hydrogens is 202 g/mol. The van der Waals surface area contributed by atoms with E-state index in [1.165, 1.54) is 45.1 Å². The molecule has 1 aliphatic heterocycles. The first-order valence-corrected chi connectivity index (χ1v) is 6.72. The maximum atomic E-state index is 9.80. The predicted molar refractivity (Wildman–Crippen MR) is 64.4 cm³/mol. The molecule has 0 aromatic rings. The Bertz CT molecular complexity index is 204. The number of ether oxygens (including phenoxy) is 1. The predicted octanol–water partition coefficient (Wildman–Crippen LogP) is 1.65. The normalized spacial score (nSPS) is 30.0. The van der Waals surface area contributed by atoms with Crippen LogP contribution in [0.15, 0.2) is 0 Å². The average molecular weight is 227 g/mol. The van der Waals surface area contributed by atoms with Crippen molar-refractivity contribution in [2.45, 2.75) is 50.7 Å². The van der Waals surface area contributed by atoms with Crippen molar-refractivity contribution in [1.29, 1.82) is 0 Å². The zero-order chi connectivity index (χ0) is 11.4. The number of methoxy groups -OCH3 is 1. The molecule has 0 amide bonds. The number of nitrogens with zero attached hydrogens (tertiary/aromatic N) is 1. The fourth-order valence-electron chi connectivity index (χ4n) is 3.47. The van der Waals surface area contributed by atoms with Gasteiger partial charge in [-0.05, 0) is 38.1 Å². The lowest BCUT2D eigenvalue weighted by molar-refractivity contribution is 0.0287. The van der Waals surface area contributed by atoms with Crippen LogP contribution in [0.4, 0.5) is 0 Å². The topological polar surface area (TPSA) is 32.7 Å². The summed E-state index contributed by atoms with van der Waals surface area (Å²) >= 11 is 0. The van der Waals surface area contributed by atoms with E-state index in [1.807, 2.05) is 0 Å². The Kier molecular flexibility index (Phi) is 4.62. The molecule has 1 aliphatic carbocycles. The molecule has 1 heterocycles. The maximum Gasteiger partial charge on any atom is 0.0900 e. The van der Waals surface area contributed by atoms with Gasteiger partial charge in [0.2, 0.25) is 0 Å². The molecule has 0 bridgehead atoms. The van der Waals surface area contributed by atoms with Gasteiger partial charge in [0.05, 0.1) is 12.7 Å². The fraction of sp³-hybridized carbons (Fsp3) is 1.00. The Hall–Kier alpha value is -0.120. The second kappa shape index (κ2) is 5.99. The van der Waals surface area contributed by atoms with E-state index >= 15 is 0 Å². The summed E-state index contributed by atoms with van der Waals surface area (Å²) in [6.07, 6.45) is 7.96.